The van der Waals surface area contributed by atoms with Crippen molar-refractivity contribution in [2.45, 2.75) is 45.7 Å². The summed E-state index contributed by atoms with van der Waals surface area (Å²) < 4.78 is 1.73. The standard InChI is InChI=1S/C23H25Cl2N3O/c1-15-12-16(2)28(27-15)14-23(29)26-17(3)22(19-6-10-21(25)11-7-19)13-18-4-8-20(24)9-5-18/h4-12,17,22H,13-14H2,1-3H3,(H,26,29). The van der Waals surface area contributed by atoms with Crippen LogP contribution in [0.3, 0.4) is 0 Å². The number of aromatic nitrogens is 2. The van der Waals surface area contributed by atoms with Gasteiger partial charge in [-0.1, -0.05) is 47.5 Å². The minimum Gasteiger partial charge on any atom is -0.351 e. The molecular formula is C23H25Cl2N3O. The Balaban J connectivity index is 1.76. The van der Waals surface area contributed by atoms with E-state index in [1.807, 2.05) is 75.4 Å². The van der Waals surface area contributed by atoms with Gasteiger partial charge in [-0.05, 0) is 68.7 Å². The molecule has 0 aliphatic heterocycles. The van der Waals surface area contributed by atoms with Crippen LogP contribution in [0.4, 0.5) is 0 Å². The maximum atomic E-state index is 12.7. The Kier molecular flexibility index (Phi) is 6.99. The minimum atomic E-state index is -0.0729. The van der Waals surface area contributed by atoms with E-state index in [-0.39, 0.29) is 24.4 Å². The lowest BCUT2D eigenvalue weighted by Crippen LogP contribution is -2.40. The maximum absolute atomic E-state index is 12.7. The van der Waals surface area contributed by atoms with Crippen molar-refractivity contribution >= 4 is 29.1 Å². The van der Waals surface area contributed by atoms with E-state index >= 15 is 0 Å². The molecule has 0 saturated carbocycles. The van der Waals surface area contributed by atoms with Crippen molar-refractivity contribution in [2.24, 2.45) is 0 Å². The van der Waals surface area contributed by atoms with E-state index in [2.05, 4.69) is 10.4 Å². The van der Waals surface area contributed by atoms with Crippen LogP contribution in [0.15, 0.2) is 54.6 Å². The van der Waals surface area contributed by atoms with E-state index in [1.54, 1.807) is 4.68 Å². The first-order valence-corrected chi connectivity index (χ1v) is 10.4. The van der Waals surface area contributed by atoms with Crippen LogP contribution in [0, 0.1) is 13.8 Å². The number of halogens is 2. The van der Waals surface area contributed by atoms with Crippen molar-refractivity contribution in [1.82, 2.24) is 15.1 Å². The van der Waals surface area contributed by atoms with Gasteiger partial charge in [0.15, 0.2) is 0 Å². The third kappa shape index (κ3) is 5.84. The largest absolute Gasteiger partial charge is 0.351 e. The van der Waals surface area contributed by atoms with Crippen molar-refractivity contribution in [3.05, 3.63) is 87.2 Å². The zero-order valence-corrected chi connectivity index (χ0v) is 18.3. The van der Waals surface area contributed by atoms with Gasteiger partial charge in [-0.3, -0.25) is 9.48 Å². The summed E-state index contributed by atoms with van der Waals surface area (Å²) in [4.78, 5) is 12.7. The van der Waals surface area contributed by atoms with E-state index in [1.165, 1.54) is 0 Å². The van der Waals surface area contributed by atoms with Crippen molar-refractivity contribution in [3.63, 3.8) is 0 Å². The number of benzene rings is 2. The molecule has 0 saturated heterocycles. The second-order valence-electron chi connectivity index (χ2n) is 7.43. The van der Waals surface area contributed by atoms with Gasteiger partial charge in [-0.25, -0.2) is 0 Å². The number of carbonyl (C=O) groups excluding carboxylic acids is 1. The molecule has 3 rings (SSSR count). The van der Waals surface area contributed by atoms with Gasteiger partial charge in [0.05, 0.1) is 5.69 Å². The highest BCUT2D eigenvalue weighted by molar-refractivity contribution is 6.30. The lowest BCUT2D eigenvalue weighted by atomic mass is 9.86. The molecule has 0 radical (unpaired) electrons. The molecule has 3 aromatic rings. The van der Waals surface area contributed by atoms with Gasteiger partial charge in [0.25, 0.3) is 0 Å². The number of rotatable bonds is 7. The Morgan fingerprint density at radius 1 is 1.03 bits per heavy atom. The number of carbonyl (C=O) groups is 1. The average molecular weight is 430 g/mol. The van der Waals surface area contributed by atoms with Crippen LogP contribution in [0.5, 0.6) is 0 Å². The van der Waals surface area contributed by atoms with Gasteiger partial charge in [-0.2, -0.15) is 5.10 Å². The minimum absolute atomic E-state index is 0.0567. The summed E-state index contributed by atoms with van der Waals surface area (Å²) in [7, 11) is 0. The van der Waals surface area contributed by atoms with Crippen LogP contribution in [0.25, 0.3) is 0 Å². The van der Waals surface area contributed by atoms with Crippen LogP contribution in [0.1, 0.15) is 35.4 Å². The molecule has 1 heterocycles. The number of hydrogen-bond acceptors (Lipinski definition) is 2. The molecule has 6 heteroatoms. The van der Waals surface area contributed by atoms with E-state index < -0.39 is 0 Å². The normalized spacial score (nSPS) is 13.1. The van der Waals surface area contributed by atoms with Gasteiger partial charge in [0.1, 0.15) is 6.54 Å². The molecule has 1 N–H and O–H groups in total. The first kappa shape index (κ1) is 21.4. The Morgan fingerprint density at radius 2 is 1.62 bits per heavy atom. The number of aryl methyl sites for hydroxylation is 2. The van der Waals surface area contributed by atoms with Crippen LogP contribution in [-0.2, 0) is 17.8 Å². The molecule has 2 atom stereocenters. The van der Waals surface area contributed by atoms with Crippen molar-refractivity contribution in [3.8, 4) is 0 Å². The molecule has 0 fully saturated rings. The quantitative estimate of drug-likeness (QED) is 0.550. The van der Waals surface area contributed by atoms with Crippen molar-refractivity contribution in [2.75, 3.05) is 0 Å². The predicted molar refractivity (Wildman–Crippen MR) is 119 cm³/mol. The van der Waals surface area contributed by atoms with Crippen LogP contribution in [-0.4, -0.2) is 21.7 Å². The summed E-state index contributed by atoms with van der Waals surface area (Å²) in [5, 5.41) is 8.93. The summed E-state index contributed by atoms with van der Waals surface area (Å²) in [5.74, 6) is 0.0385. The fraction of sp³-hybridized carbons (Fsp3) is 0.304. The number of nitrogens with zero attached hydrogens (tertiary/aromatic N) is 2. The first-order chi connectivity index (χ1) is 13.8. The monoisotopic (exact) mass is 429 g/mol. The molecule has 0 aliphatic rings. The Morgan fingerprint density at radius 3 is 2.17 bits per heavy atom. The summed E-state index contributed by atoms with van der Waals surface area (Å²) in [6, 6.07) is 17.5. The summed E-state index contributed by atoms with van der Waals surface area (Å²) >= 11 is 12.1. The zero-order chi connectivity index (χ0) is 21.0. The molecule has 152 valence electrons. The Labute approximate surface area is 181 Å². The summed E-state index contributed by atoms with van der Waals surface area (Å²) in [6.07, 6.45) is 0.778. The fourth-order valence-electron chi connectivity index (χ4n) is 3.54. The second-order valence-corrected chi connectivity index (χ2v) is 8.30. The van der Waals surface area contributed by atoms with Crippen molar-refractivity contribution < 1.29 is 4.79 Å². The van der Waals surface area contributed by atoms with Gasteiger partial charge in [0, 0.05) is 27.7 Å². The number of hydrogen-bond donors (Lipinski definition) is 1. The summed E-state index contributed by atoms with van der Waals surface area (Å²) in [6.45, 7) is 6.12. The highest BCUT2D eigenvalue weighted by Gasteiger charge is 2.22. The maximum Gasteiger partial charge on any atom is 0.241 e. The van der Waals surface area contributed by atoms with Gasteiger partial charge < -0.3 is 5.32 Å². The lowest BCUT2D eigenvalue weighted by Gasteiger charge is -2.26. The molecule has 1 aromatic heterocycles. The van der Waals surface area contributed by atoms with Crippen LogP contribution < -0.4 is 5.32 Å². The topological polar surface area (TPSA) is 46.9 Å². The first-order valence-electron chi connectivity index (χ1n) is 9.62. The van der Waals surface area contributed by atoms with Gasteiger partial charge >= 0.3 is 0 Å². The molecule has 29 heavy (non-hydrogen) atoms. The molecule has 4 nitrogen and oxygen atoms in total. The van der Waals surface area contributed by atoms with E-state index in [0.29, 0.717) is 10.0 Å². The third-order valence-corrected chi connectivity index (χ3v) is 5.56. The van der Waals surface area contributed by atoms with Crippen LogP contribution >= 0.6 is 23.2 Å². The highest BCUT2D eigenvalue weighted by Crippen LogP contribution is 2.26. The molecule has 2 unspecified atom stereocenters. The Bertz CT molecular complexity index is 965. The zero-order valence-electron chi connectivity index (χ0n) is 16.8. The second kappa shape index (κ2) is 9.47. The molecule has 0 spiro atoms. The van der Waals surface area contributed by atoms with E-state index in [0.717, 1.165) is 28.9 Å². The molecule has 0 bridgehead atoms. The lowest BCUT2D eigenvalue weighted by molar-refractivity contribution is -0.122. The number of amides is 1. The predicted octanol–water partition coefficient (Wildman–Crippen LogP) is 5.34. The van der Waals surface area contributed by atoms with E-state index in [9.17, 15) is 4.79 Å². The van der Waals surface area contributed by atoms with Gasteiger partial charge in [0.2, 0.25) is 5.91 Å². The Hall–Kier alpha value is -2.30. The van der Waals surface area contributed by atoms with Gasteiger partial charge in [-0.15, -0.1) is 0 Å². The highest BCUT2D eigenvalue weighted by atomic mass is 35.5. The number of nitrogens with one attached hydrogen (secondary N) is 1. The van der Waals surface area contributed by atoms with E-state index in [4.69, 9.17) is 23.2 Å². The molecular weight excluding hydrogens is 405 g/mol. The fourth-order valence-corrected chi connectivity index (χ4v) is 3.79. The van der Waals surface area contributed by atoms with Crippen molar-refractivity contribution in [1.29, 1.82) is 0 Å². The third-order valence-electron chi connectivity index (χ3n) is 5.06. The summed E-state index contributed by atoms with van der Waals surface area (Å²) in [5.41, 5.74) is 4.17. The molecule has 0 aliphatic carbocycles. The van der Waals surface area contributed by atoms with Crippen LogP contribution in [0.2, 0.25) is 10.0 Å². The smallest absolute Gasteiger partial charge is 0.241 e. The molecule has 2 aromatic carbocycles. The molecule has 1 amide bonds. The average Bonchev–Trinajstić information content (AvgIpc) is 2.98. The SMILES string of the molecule is Cc1cc(C)n(CC(=O)NC(C)C(Cc2ccc(Cl)cc2)c2ccc(Cl)cc2)n1.